The number of carbonyl (C=O) groups is 2. The lowest BCUT2D eigenvalue weighted by Gasteiger charge is -2.02. The number of Topliss-reactive ketones (excluding diaryl/α,β-unsaturated/α-hetero) is 1. The monoisotopic (exact) mass is 265 g/mol. The fourth-order valence-corrected chi connectivity index (χ4v) is 2.59. The van der Waals surface area contributed by atoms with Crippen molar-refractivity contribution < 1.29 is 19.1 Å². The van der Waals surface area contributed by atoms with Crippen LogP contribution in [-0.4, -0.2) is 30.5 Å². The normalized spacial score (nSPS) is 10.3. The molecule has 0 spiro atoms. The largest absolute Gasteiger partial charge is 0.494 e. The maximum Gasteiger partial charge on any atom is 0.380 e. The molecule has 0 aliphatic rings. The van der Waals surface area contributed by atoms with Gasteiger partial charge in [-0.05, 0) is 19.1 Å². The fraction of sp³-hybridized carbons (Fsp3) is 0.250. The Morgan fingerprint density at radius 2 is 2.22 bits per heavy atom. The number of pyridine rings is 1. The minimum absolute atomic E-state index is 0.163. The van der Waals surface area contributed by atoms with Crippen LogP contribution in [0.1, 0.15) is 16.6 Å². The number of fused-ring (bicyclic) bond motifs is 1. The number of aromatic nitrogens is 1. The Kier molecular flexibility index (Phi) is 3.57. The van der Waals surface area contributed by atoms with E-state index in [1.54, 1.807) is 25.3 Å². The minimum atomic E-state index is -0.873. The standard InChI is InChI=1S/C12H11NO4S/c1-3-17-12(15)8(14)10-9(16-2)7-5-4-6-13-11(7)18-10/h4-6H,3H2,1-2H3. The lowest BCUT2D eigenvalue weighted by molar-refractivity contribution is -0.137. The van der Waals surface area contributed by atoms with Crippen LogP contribution < -0.4 is 4.74 Å². The van der Waals surface area contributed by atoms with Crippen LogP contribution in [-0.2, 0) is 9.53 Å². The summed E-state index contributed by atoms with van der Waals surface area (Å²) in [7, 11) is 1.45. The number of rotatable bonds is 4. The first kappa shape index (κ1) is 12.5. The van der Waals surface area contributed by atoms with E-state index in [2.05, 4.69) is 4.98 Å². The highest BCUT2D eigenvalue weighted by molar-refractivity contribution is 7.21. The van der Waals surface area contributed by atoms with Crippen LogP contribution >= 0.6 is 11.3 Å². The predicted molar refractivity (Wildman–Crippen MR) is 67.1 cm³/mol. The first-order valence-corrected chi connectivity index (χ1v) is 6.13. The van der Waals surface area contributed by atoms with Crippen molar-refractivity contribution in [2.24, 2.45) is 0 Å². The molecule has 6 heteroatoms. The third kappa shape index (κ3) is 2.06. The van der Waals surface area contributed by atoms with Gasteiger partial charge in [0.15, 0.2) is 5.75 Å². The molecule has 2 heterocycles. The van der Waals surface area contributed by atoms with Gasteiger partial charge in [-0.25, -0.2) is 9.78 Å². The Labute approximate surface area is 107 Å². The third-order valence-electron chi connectivity index (χ3n) is 2.29. The molecule has 0 fully saturated rings. The fourth-order valence-electron chi connectivity index (χ4n) is 1.55. The SMILES string of the molecule is CCOC(=O)C(=O)c1sc2ncccc2c1OC. The number of carbonyl (C=O) groups excluding carboxylic acids is 2. The molecule has 5 nitrogen and oxygen atoms in total. The number of ether oxygens (including phenoxy) is 2. The van der Waals surface area contributed by atoms with Crippen LogP contribution in [0, 0.1) is 0 Å². The number of methoxy groups -OCH3 is 1. The summed E-state index contributed by atoms with van der Waals surface area (Å²) in [6, 6.07) is 3.54. The summed E-state index contributed by atoms with van der Waals surface area (Å²) in [5, 5.41) is 0.720. The zero-order valence-electron chi connectivity index (χ0n) is 9.93. The van der Waals surface area contributed by atoms with Crippen LogP contribution in [0.25, 0.3) is 10.2 Å². The van der Waals surface area contributed by atoms with Crippen LogP contribution in [0.4, 0.5) is 0 Å². The van der Waals surface area contributed by atoms with Crippen molar-refractivity contribution in [2.75, 3.05) is 13.7 Å². The molecule has 18 heavy (non-hydrogen) atoms. The molecule has 94 valence electrons. The quantitative estimate of drug-likeness (QED) is 0.481. The Morgan fingerprint density at radius 3 is 2.89 bits per heavy atom. The second kappa shape index (κ2) is 5.14. The molecule has 0 amide bonds. The van der Waals surface area contributed by atoms with Crippen molar-refractivity contribution in [3.63, 3.8) is 0 Å². The first-order valence-electron chi connectivity index (χ1n) is 5.32. The molecule has 0 bridgehead atoms. The molecule has 0 atom stereocenters. The van der Waals surface area contributed by atoms with Gasteiger partial charge in [-0.1, -0.05) is 0 Å². The summed E-state index contributed by atoms with van der Waals surface area (Å²) < 4.78 is 9.89. The topological polar surface area (TPSA) is 65.5 Å². The summed E-state index contributed by atoms with van der Waals surface area (Å²) in [5.74, 6) is -1.19. The predicted octanol–water partition coefficient (Wildman–Crippen LogP) is 2.05. The lowest BCUT2D eigenvalue weighted by atomic mass is 10.2. The van der Waals surface area contributed by atoms with Gasteiger partial charge in [0.25, 0.3) is 5.78 Å². The number of ketones is 1. The van der Waals surface area contributed by atoms with E-state index in [4.69, 9.17) is 9.47 Å². The van der Waals surface area contributed by atoms with Gasteiger partial charge in [0, 0.05) is 6.20 Å². The molecule has 0 saturated heterocycles. The van der Waals surface area contributed by atoms with Crippen molar-refractivity contribution in [2.45, 2.75) is 6.92 Å². The van der Waals surface area contributed by atoms with Gasteiger partial charge >= 0.3 is 5.97 Å². The van der Waals surface area contributed by atoms with Gasteiger partial charge < -0.3 is 9.47 Å². The number of hydrogen-bond donors (Lipinski definition) is 0. The molecule has 0 saturated carbocycles. The van der Waals surface area contributed by atoms with E-state index in [0.29, 0.717) is 10.6 Å². The smallest absolute Gasteiger partial charge is 0.380 e. The van der Waals surface area contributed by atoms with Crippen LogP contribution in [0.5, 0.6) is 5.75 Å². The van der Waals surface area contributed by atoms with E-state index in [1.165, 1.54) is 7.11 Å². The molecule has 2 rings (SSSR count). The average molecular weight is 265 g/mol. The van der Waals surface area contributed by atoms with Gasteiger partial charge in [-0.3, -0.25) is 4.79 Å². The van der Waals surface area contributed by atoms with E-state index in [1.807, 2.05) is 0 Å². The van der Waals surface area contributed by atoms with E-state index < -0.39 is 11.8 Å². The van der Waals surface area contributed by atoms with Crippen LogP contribution in [0.3, 0.4) is 0 Å². The molecule has 0 unspecified atom stereocenters. The maximum absolute atomic E-state index is 11.9. The number of hydrogen-bond acceptors (Lipinski definition) is 6. The third-order valence-corrected chi connectivity index (χ3v) is 3.39. The Hall–Kier alpha value is -1.95. The van der Waals surface area contributed by atoms with Gasteiger partial charge in [-0.2, -0.15) is 0 Å². The highest BCUT2D eigenvalue weighted by Crippen LogP contribution is 2.36. The average Bonchev–Trinajstić information content (AvgIpc) is 2.76. The van der Waals surface area contributed by atoms with Gasteiger partial charge in [-0.15, -0.1) is 11.3 Å². The van der Waals surface area contributed by atoms with E-state index in [-0.39, 0.29) is 11.5 Å². The van der Waals surface area contributed by atoms with Gasteiger partial charge in [0.2, 0.25) is 0 Å². The van der Waals surface area contributed by atoms with Crippen molar-refractivity contribution in [3.8, 4) is 5.75 Å². The molecule has 2 aromatic rings. The van der Waals surface area contributed by atoms with Crippen LogP contribution in [0.15, 0.2) is 18.3 Å². The summed E-state index contributed by atoms with van der Waals surface area (Å²) in [4.78, 5) is 28.4. The Morgan fingerprint density at radius 1 is 1.44 bits per heavy atom. The number of thiophene rings is 1. The Balaban J connectivity index is 2.50. The van der Waals surface area contributed by atoms with Crippen LogP contribution in [0.2, 0.25) is 0 Å². The zero-order valence-corrected chi connectivity index (χ0v) is 10.7. The molecule has 0 radical (unpaired) electrons. The molecule has 0 aliphatic carbocycles. The van der Waals surface area contributed by atoms with Gasteiger partial charge in [0.05, 0.1) is 19.1 Å². The molecule has 0 aliphatic heterocycles. The summed E-state index contributed by atoms with van der Waals surface area (Å²) in [5.41, 5.74) is 0. The van der Waals surface area contributed by atoms with E-state index >= 15 is 0 Å². The first-order chi connectivity index (χ1) is 8.69. The summed E-state index contributed by atoms with van der Waals surface area (Å²) >= 11 is 1.12. The molecular weight excluding hydrogens is 254 g/mol. The van der Waals surface area contributed by atoms with Crippen molar-refractivity contribution in [1.82, 2.24) is 4.98 Å². The van der Waals surface area contributed by atoms with Gasteiger partial charge in [0.1, 0.15) is 9.71 Å². The van der Waals surface area contributed by atoms with Crippen molar-refractivity contribution in [1.29, 1.82) is 0 Å². The minimum Gasteiger partial charge on any atom is -0.494 e. The van der Waals surface area contributed by atoms with Crippen molar-refractivity contribution in [3.05, 3.63) is 23.2 Å². The zero-order chi connectivity index (χ0) is 13.1. The molecular formula is C12H11NO4S. The number of esters is 1. The summed E-state index contributed by atoms with van der Waals surface area (Å²) in [6.07, 6.45) is 1.62. The van der Waals surface area contributed by atoms with E-state index in [0.717, 1.165) is 16.7 Å². The molecule has 2 aromatic heterocycles. The highest BCUT2D eigenvalue weighted by atomic mass is 32.1. The second-order valence-electron chi connectivity index (χ2n) is 3.37. The molecule has 0 N–H and O–H groups in total. The van der Waals surface area contributed by atoms with Crippen molar-refractivity contribution >= 4 is 33.3 Å². The lowest BCUT2D eigenvalue weighted by Crippen LogP contribution is -2.16. The second-order valence-corrected chi connectivity index (χ2v) is 4.37. The van der Waals surface area contributed by atoms with E-state index in [9.17, 15) is 9.59 Å². The highest BCUT2D eigenvalue weighted by Gasteiger charge is 2.26. The molecule has 0 aromatic carbocycles. The number of nitrogens with zero attached hydrogens (tertiary/aromatic N) is 1. The maximum atomic E-state index is 11.9. The Bertz CT molecular complexity index is 605. The summed E-state index contributed by atoms with van der Waals surface area (Å²) in [6.45, 7) is 1.81.